The molecule has 2 atom stereocenters. The van der Waals surface area contributed by atoms with E-state index in [4.69, 9.17) is 14.6 Å². The molecule has 1 heterocycles. The molecule has 0 saturated carbocycles. The van der Waals surface area contributed by atoms with Crippen LogP contribution in [-0.2, 0) is 20.7 Å². The van der Waals surface area contributed by atoms with E-state index in [1.54, 1.807) is 24.3 Å². The van der Waals surface area contributed by atoms with Crippen LogP contribution in [0.5, 0.6) is 5.75 Å². The Morgan fingerprint density at radius 2 is 1.96 bits per heavy atom. The molecular weight excluding hydrogens is 334 g/mol. The molecule has 3 rings (SSSR count). The second-order valence-corrected chi connectivity index (χ2v) is 6.18. The van der Waals surface area contributed by atoms with Gasteiger partial charge in [0, 0.05) is 0 Å². The lowest BCUT2D eigenvalue weighted by molar-refractivity contribution is -0.139. The molecule has 0 aromatic heterocycles. The number of carbonyl (C=O) groups is 2. The van der Waals surface area contributed by atoms with Gasteiger partial charge in [-0.2, -0.15) is 0 Å². The first-order chi connectivity index (χ1) is 12.5. The minimum atomic E-state index is -1.03. The van der Waals surface area contributed by atoms with Gasteiger partial charge in [0.2, 0.25) is 0 Å². The van der Waals surface area contributed by atoms with Gasteiger partial charge in [0.15, 0.2) is 12.7 Å². The zero-order valence-corrected chi connectivity index (χ0v) is 14.5. The van der Waals surface area contributed by atoms with E-state index in [1.165, 1.54) is 0 Å². The molecule has 6 nitrogen and oxygen atoms in total. The van der Waals surface area contributed by atoms with Gasteiger partial charge in [0.05, 0.1) is 12.6 Å². The molecular formula is C20H21NO5. The number of aliphatic carboxylic acids is 1. The van der Waals surface area contributed by atoms with E-state index in [0.29, 0.717) is 12.4 Å². The molecule has 2 aromatic rings. The van der Waals surface area contributed by atoms with Crippen molar-refractivity contribution in [3.05, 3.63) is 65.2 Å². The van der Waals surface area contributed by atoms with E-state index in [-0.39, 0.29) is 18.6 Å². The van der Waals surface area contributed by atoms with Crippen molar-refractivity contribution in [3.63, 3.8) is 0 Å². The lowest BCUT2D eigenvalue weighted by Gasteiger charge is -2.26. The van der Waals surface area contributed by atoms with Crippen molar-refractivity contribution >= 4 is 11.9 Å². The molecule has 2 N–H and O–H groups in total. The van der Waals surface area contributed by atoms with Crippen LogP contribution in [0.1, 0.15) is 35.8 Å². The Kier molecular flexibility index (Phi) is 5.53. The van der Waals surface area contributed by atoms with E-state index in [0.717, 1.165) is 23.1 Å². The van der Waals surface area contributed by atoms with E-state index in [9.17, 15) is 9.59 Å². The zero-order chi connectivity index (χ0) is 18.5. The summed E-state index contributed by atoms with van der Waals surface area (Å²) < 4.78 is 10.8. The predicted molar refractivity (Wildman–Crippen MR) is 95.0 cm³/mol. The zero-order valence-electron chi connectivity index (χ0n) is 14.5. The number of ether oxygens (including phenoxy) is 2. The Hall–Kier alpha value is -2.86. The monoisotopic (exact) mass is 355 g/mol. The fraction of sp³-hybridized carbons (Fsp3) is 0.300. The first-order valence-electron chi connectivity index (χ1n) is 8.49. The quantitative estimate of drug-likeness (QED) is 0.832. The third kappa shape index (κ3) is 4.21. The SMILES string of the molecule is CC(NC(=O)C1OCCc2ccccc21)c1ccc(OCC(=O)O)cc1. The lowest BCUT2D eigenvalue weighted by atomic mass is 9.97. The van der Waals surface area contributed by atoms with Crippen LogP contribution in [0, 0.1) is 0 Å². The third-order valence-corrected chi connectivity index (χ3v) is 4.33. The van der Waals surface area contributed by atoms with Crippen LogP contribution in [0.3, 0.4) is 0 Å². The molecule has 6 heteroatoms. The number of benzene rings is 2. The smallest absolute Gasteiger partial charge is 0.341 e. The van der Waals surface area contributed by atoms with Crippen LogP contribution in [0.4, 0.5) is 0 Å². The standard InChI is InChI=1S/C20H21NO5/c1-13(14-6-8-16(9-7-14)26-12-18(22)23)21-20(24)19-17-5-3-2-4-15(17)10-11-25-19/h2-9,13,19H,10-12H2,1H3,(H,21,24)(H,22,23). The number of rotatable bonds is 6. The van der Waals surface area contributed by atoms with Crippen LogP contribution in [0.15, 0.2) is 48.5 Å². The summed E-state index contributed by atoms with van der Waals surface area (Å²) in [5.74, 6) is -0.724. The lowest BCUT2D eigenvalue weighted by Crippen LogP contribution is -2.35. The summed E-state index contributed by atoms with van der Waals surface area (Å²) in [5, 5.41) is 11.6. The number of amides is 1. The summed E-state index contributed by atoms with van der Waals surface area (Å²) in [5.41, 5.74) is 2.96. The molecule has 0 aliphatic carbocycles. The normalized spacial score (nSPS) is 17.0. The fourth-order valence-corrected chi connectivity index (χ4v) is 2.98. The molecule has 1 aliphatic rings. The summed E-state index contributed by atoms with van der Waals surface area (Å²) in [6.07, 6.45) is 0.216. The maximum atomic E-state index is 12.7. The molecule has 2 unspecified atom stereocenters. The highest BCUT2D eigenvalue weighted by atomic mass is 16.5. The number of carboxylic acids is 1. The van der Waals surface area contributed by atoms with Gasteiger partial charge in [0.25, 0.3) is 5.91 Å². The van der Waals surface area contributed by atoms with Crippen molar-refractivity contribution in [2.45, 2.75) is 25.5 Å². The van der Waals surface area contributed by atoms with Gasteiger partial charge in [-0.1, -0.05) is 36.4 Å². The minimum absolute atomic E-state index is 0.171. The highest BCUT2D eigenvalue weighted by Crippen LogP contribution is 2.28. The summed E-state index contributed by atoms with van der Waals surface area (Å²) in [6, 6.07) is 14.6. The Balaban J connectivity index is 1.64. The van der Waals surface area contributed by atoms with E-state index >= 15 is 0 Å². The van der Waals surface area contributed by atoms with Crippen LogP contribution in [0.25, 0.3) is 0 Å². The number of nitrogens with one attached hydrogen (secondary N) is 1. The summed E-state index contributed by atoms with van der Waals surface area (Å²) >= 11 is 0. The van der Waals surface area contributed by atoms with Gasteiger partial charge in [-0.15, -0.1) is 0 Å². The number of carboxylic acid groups (broad SMARTS) is 1. The van der Waals surface area contributed by atoms with Crippen molar-refractivity contribution in [1.82, 2.24) is 5.32 Å². The van der Waals surface area contributed by atoms with Crippen molar-refractivity contribution < 1.29 is 24.2 Å². The van der Waals surface area contributed by atoms with Crippen LogP contribution < -0.4 is 10.1 Å². The molecule has 136 valence electrons. The molecule has 1 aliphatic heterocycles. The molecule has 1 amide bonds. The van der Waals surface area contributed by atoms with Crippen molar-refractivity contribution in [2.75, 3.05) is 13.2 Å². The molecule has 0 spiro atoms. The highest BCUT2D eigenvalue weighted by molar-refractivity contribution is 5.83. The number of carbonyl (C=O) groups excluding carboxylic acids is 1. The van der Waals surface area contributed by atoms with Gasteiger partial charge in [-0.05, 0) is 42.2 Å². The molecule has 0 bridgehead atoms. The number of hydrogen-bond donors (Lipinski definition) is 2. The van der Waals surface area contributed by atoms with Gasteiger partial charge in [-0.25, -0.2) is 4.79 Å². The third-order valence-electron chi connectivity index (χ3n) is 4.33. The Morgan fingerprint density at radius 3 is 2.69 bits per heavy atom. The second kappa shape index (κ2) is 8.01. The molecule has 0 radical (unpaired) electrons. The summed E-state index contributed by atoms with van der Waals surface area (Å²) in [6.45, 7) is 2.03. The second-order valence-electron chi connectivity index (χ2n) is 6.18. The van der Waals surface area contributed by atoms with E-state index in [1.807, 2.05) is 31.2 Å². The van der Waals surface area contributed by atoms with Gasteiger partial charge in [-0.3, -0.25) is 4.79 Å². The van der Waals surface area contributed by atoms with Gasteiger partial charge < -0.3 is 19.9 Å². The van der Waals surface area contributed by atoms with Crippen LogP contribution in [-0.4, -0.2) is 30.2 Å². The minimum Gasteiger partial charge on any atom is -0.482 e. The first kappa shape index (κ1) is 17.9. The maximum absolute atomic E-state index is 12.7. The highest BCUT2D eigenvalue weighted by Gasteiger charge is 2.28. The maximum Gasteiger partial charge on any atom is 0.341 e. The van der Waals surface area contributed by atoms with E-state index in [2.05, 4.69) is 5.32 Å². The van der Waals surface area contributed by atoms with Crippen molar-refractivity contribution in [1.29, 1.82) is 0 Å². The topological polar surface area (TPSA) is 84.9 Å². The number of hydrogen-bond acceptors (Lipinski definition) is 4. The Labute approximate surface area is 151 Å². The van der Waals surface area contributed by atoms with Gasteiger partial charge in [0.1, 0.15) is 5.75 Å². The number of fused-ring (bicyclic) bond motifs is 1. The van der Waals surface area contributed by atoms with E-state index < -0.39 is 12.1 Å². The average molecular weight is 355 g/mol. The summed E-state index contributed by atoms with van der Waals surface area (Å²) in [7, 11) is 0. The average Bonchev–Trinajstić information content (AvgIpc) is 2.66. The fourth-order valence-electron chi connectivity index (χ4n) is 2.98. The molecule has 0 fully saturated rings. The first-order valence-corrected chi connectivity index (χ1v) is 8.49. The van der Waals surface area contributed by atoms with Crippen LogP contribution >= 0.6 is 0 Å². The Morgan fingerprint density at radius 1 is 1.23 bits per heavy atom. The Bertz CT molecular complexity index is 787. The summed E-state index contributed by atoms with van der Waals surface area (Å²) in [4.78, 5) is 23.2. The van der Waals surface area contributed by atoms with Crippen LogP contribution in [0.2, 0.25) is 0 Å². The molecule has 2 aromatic carbocycles. The largest absolute Gasteiger partial charge is 0.482 e. The predicted octanol–water partition coefficient (Wildman–Crippen LogP) is 2.64. The van der Waals surface area contributed by atoms with Gasteiger partial charge >= 0.3 is 5.97 Å². The molecule has 0 saturated heterocycles. The van der Waals surface area contributed by atoms with Crippen molar-refractivity contribution in [3.8, 4) is 5.75 Å². The molecule has 26 heavy (non-hydrogen) atoms. The van der Waals surface area contributed by atoms with Crippen molar-refractivity contribution in [2.24, 2.45) is 0 Å².